The number of fused-ring (bicyclic) bond motifs is 2. The number of carbonyl (C=O) groups is 1. The molecule has 1 heterocycles. The summed E-state index contributed by atoms with van der Waals surface area (Å²) in [4.78, 5) is 14.7. The Balaban J connectivity index is 1.36. The van der Waals surface area contributed by atoms with Crippen molar-refractivity contribution in [3.05, 3.63) is 70.5 Å². The van der Waals surface area contributed by atoms with Gasteiger partial charge in [-0.3, -0.25) is 4.79 Å². The van der Waals surface area contributed by atoms with Gasteiger partial charge in [0.05, 0.1) is 6.10 Å². The zero-order valence-corrected chi connectivity index (χ0v) is 17.3. The molecule has 2 aliphatic rings. The lowest BCUT2D eigenvalue weighted by Crippen LogP contribution is -2.30. The maximum atomic E-state index is 13.0. The van der Waals surface area contributed by atoms with Gasteiger partial charge in [-0.2, -0.15) is 0 Å². The summed E-state index contributed by atoms with van der Waals surface area (Å²) in [6.45, 7) is 7.20. The fraction of sp³-hybridized carbons (Fsp3) is 0.480. The van der Waals surface area contributed by atoms with Gasteiger partial charge in [0.15, 0.2) is 5.78 Å². The van der Waals surface area contributed by atoms with Gasteiger partial charge >= 0.3 is 0 Å². The third kappa shape index (κ3) is 4.01. The molecule has 4 heteroatoms. The highest BCUT2D eigenvalue weighted by molar-refractivity contribution is 5.95. The fourth-order valence-corrected chi connectivity index (χ4v) is 5.07. The zero-order chi connectivity index (χ0) is 20.6. The molecule has 3 nitrogen and oxygen atoms in total. The highest BCUT2D eigenvalue weighted by atomic mass is 19.1. The molecule has 154 valence electrons. The Hall–Kier alpha value is -2.04. The van der Waals surface area contributed by atoms with Crippen LogP contribution in [-0.4, -0.2) is 35.4 Å². The molecule has 1 aliphatic carbocycles. The number of likely N-dealkylation sites (tertiary alicyclic amines) is 1. The lowest BCUT2D eigenvalue weighted by Gasteiger charge is -2.26. The third-order valence-electron chi connectivity index (χ3n) is 6.73. The largest absolute Gasteiger partial charge is 0.388 e. The van der Waals surface area contributed by atoms with Gasteiger partial charge in [0, 0.05) is 23.9 Å². The number of aliphatic hydroxyl groups is 1. The molecule has 0 saturated carbocycles. The summed E-state index contributed by atoms with van der Waals surface area (Å²) in [6, 6.07) is 12.4. The number of aliphatic hydroxyl groups excluding tert-OH is 1. The maximum Gasteiger partial charge on any atom is 0.162 e. The lowest BCUT2D eigenvalue weighted by atomic mass is 9.80. The molecule has 0 radical (unpaired) electrons. The first kappa shape index (κ1) is 20.2. The number of hydrogen-bond acceptors (Lipinski definition) is 3. The molecule has 1 saturated heterocycles. The van der Waals surface area contributed by atoms with Crippen molar-refractivity contribution in [3.63, 3.8) is 0 Å². The van der Waals surface area contributed by atoms with E-state index in [1.165, 1.54) is 23.3 Å². The highest BCUT2D eigenvalue weighted by Gasteiger charge is 2.47. The number of halogens is 1. The van der Waals surface area contributed by atoms with E-state index in [-0.39, 0.29) is 23.1 Å². The summed E-state index contributed by atoms with van der Waals surface area (Å²) in [6.07, 6.45) is 2.77. The van der Waals surface area contributed by atoms with Crippen LogP contribution in [0.15, 0.2) is 42.5 Å². The predicted molar refractivity (Wildman–Crippen MR) is 113 cm³/mol. The maximum absolute atomic E-state index is 13.0. The van der Waals surface area contributed by atoms with Crippen LogP contribution in [0.4, 0.5) is 4.39 Å². The van der Waals surface area contributed by atoms with Gasteiger partial charge in [0.25, 0.3) is 0 Å². The van der Waals surface area contributed by atoms with Crippen LogP contribution in [0.5, 0.6) is 0 Å². The first-order valence-corrected chi connectivity index (χ1v) is 10.7. The van der Waals surface area contributed by atoms with E-state index in [2.05, 4.69) is 36.9 Å². The first-order chi connectivity index (χ1) is 13.9. The highest BCUT2D eigenvalue weighted by Crippen LogP contribution is 2.50. The van der Waals surface area contributed by atoms with Crippen molar-refractivity contribution < 1.29 is 14.3 Å². The second-order valence-corrected chi connectivity index (χ2v) is 9.06. The van der Waals surface area contributed by atoms with Crippen LogP contribution < -0.4 is 0 Å². The van der Waals surface area contributed by atoms with Gasteiger partial charge in [-0.1, -0.05) is 32.0 Å². The standard InChI is InChI=1S/C25H30FNO2/c1-17(2)19-7-10-22-21(14-19)24(29)15-25(22)11-13-27(16-25)12-3-4-23(28)18-5-8-20(26)9-6-18/h5-10,14,17,24,29H,3-4,11-13,15-16H2,1-2H3. The van der Waals surface area contributed by atoms with Crippen molar-refractivity contribution in [2.24, 2.45) is 0 Å². The van der Waals surface area contributed by atoms with Gasteiger partial charge in [-0.15, -0.1) is 0 Å². The molecule has 1 N–H and O–H groups in total. The van der Waals surface area contributed by atoms with Crippen molar-refractivity contribution in [1.82, 2.24) is 4.90 Å². The molecule has 1 fully saturated rings. The van der Waals surface area contributed by atoms with E-state index in [1.54, 1.807) is 12.1 Å². The lowest BCUT2D eigenvalue weighted by molar-refractivity contribution is 0.0975. The van der Waals surface area contributed by atoms with E-state index in [0.717, 1.165) is 44.5 Å². The Morgan fingerprint density at radius 2 is 2.00 bits per heavy atom. The van der Waals surface area contributed by atoms with Gasteiger partial charge in [-0.05, 0) is 79.2 Å². The molecule has 1 spiro atoms. The molecular weight excluding hydrogens is 365 g/mol. The summed E-state index contributed by atoms with van der Waals surface area (Å²) in [5, 5.41) is 10.7. The minimum Gasteiger partial charge on any atom is -0.388 e. The van der Waals surface area contributed by atoms with Crippen LogP contribution in [-0.2, 0) is 5.41 Å². The normalized spacial score (nSPS) is 23.8. The Morgan fingerprint density at radius 3 is 2.72 bits per heavy atom. The Labute approximate surface area is 172 Å². The molecule has 2 atom stereocenters. The second-order valence-electron chi connectivity index (χ2n) is 9.06. The number of benzene rings is 2. The zero-order valence-electron chi connectivity index (χ0n) is 17.3. The number of carbonyl (C=O) groups excluding carboxylic acids is 1. The molecule has 0 amide bonds. The fourth-order valence-electron chi connectivity index (χ4n) is 5.07. The van der Waals surface area contributed by atoms with Crippen molar-refractivity contribution in [2.45, 2.75) is 57.0 Å². The van der Waals surface area contributed by atoms with Crippen LogP contribution in [0, 0.1) is 5.82 Å². The van der Waals surface area contributed by atoms with Gasteiger partial charge in [0.1, 0.15) is 5.82 Å². The smallest absolute Gasteiger partial charge is 0.162 e. The molecule has 4 rings (SSSR count). The summed E-state index contributed by atoms with van der Waals surface area (Å²) in [5.74, 6) is 0.216. The van der Waals surface area contributed by atoms with Crippen LogP contribution >= 0.6 is 0 Å². The SMILES string of the molecule is CC(C)c1ccc2c(c1)C(O)CC21CCN(CCCC(=O)c2ccc(F)cc2)C1. The molecule has 2 aromatic rings. The van der Waals surface area contributed by atoms with Gasteiger partial charge in [-0.25, -0.2) is 4.39 Å². The van der Waals surface area contributed by atoms with E-state index in [0.29, 0.717) is 17.9 Å². The van der Waals surface area contributed by atoms with Crippen LogP contribution in [0.1, 0.15) is 78.6 Å². The van der Waals surface area contributed by atoms with Crippen molar-refractivity contribution >= 4 is 5.78 Å². The summed E-state index contributed by atoms with van der Waals surface area (Å²) in [7, 11) is 0. The van der Waals surface area contributed by atoms with Crippen molar-refractivity contribution in [3.8, 4) is 0 Å². The van der Waals surface area contributed by atoms with E-state index < -0.39 is 0 Å². The van der Waals surface area contributed by atoms with Crippen LogP contribution in [0.25, 0.3) is 0 Å². The number of nitrogens with zero attached hydrogens (tertiary/aromatic N) is 1. The molecule has 2 aromatic carbocycles. The van der Waals surface area contributed by atoms with Crippen molar-refractivity contribution in [1.29, 1.82) is 0 Å². The van der Waals surface area contributed by atoms with E-state index in [9.17, 15) is 14.3 Å². The Morgan fingerprint density at radius 1 is 1.24 bits per heavy atom. The second kappa shape index (κ2) is 8.00. The van der Waals surface area contributed by atoms with Crippen molar-refractivity contribution in [2.75, 3.05) is 19.6 Å². The summed E-state index contributed by atoms with van der Waals surface area (Å²) in [5.41, 5.74) is 4.35. The number of Topliss-reactive ketones (excluding diaryl/α,β-unsaturated/α-hetero) is 1. The van der Waals surface area contributed by atoms with Crippen LogP contribution in [0.3, 0.4) is 0 Å². The molecule has 1 aliphatic heterocycles. The van der Waals surface area contributed by atoms with E-state index >= 15 is 0 Å². The monoisotopic (exact) mass is 395 g/mol. The third-order valence-corrected chi connectivity index (χ3v) is 6.73. The molecule has 2 unspecified atom stereocenters. The minimum atomic E-state index is -0.372. The Kier molecular flexibility index (Phi) is 5.58. The van der Waals surface area contributed by atoms with Gasteiger partial charge < -0.3 is 10.0 Å². The first-order valence-electron chi connectivity index (χ1n) is 10.7. The number of rotatable bonds is 6. The topological polar surface area (TPSA) is 40.5 Å². The van der Waals surface area contributed by atoms with Gasteiger partial charge in [0.2, 0.25) is 0 Å². The molecular formula is C25H30FNO2. The molecule has 29 heavy (non-hydrogen) atoms. The van der Waals surface area contributed by atoms with E-state index in [1.807, 2.05) is 0 Å². The Bertz CT molecular complexity index is 892. The quantitative estimate of drug-likeness (QED) is 0.701. The average molecular weight is 396 g/mol. The van der Waals surface area contributed by atoms with E-state index in [4.69, 9.17) is 0 Å². The summed E-state index contributed by atoms with van der Waals surface area (Å²) >= 11 is 0. The number of ketones is 1. The number of hydrogen-bond donors (Lipinski definition) is 1. The van der Waals surface area contributed by atoms with Crippen LogP contribution in [0.2, 0.25) is 0 Å². The predicted octanol–water partition coefficient (Wildman–Crippen LogP) is 4.99. The molecule has 0 aromatic heterocycles. The average Bonchev–Trinajstić information content (AvgIpc) is 3.23. The summed E-state index contributed by atoms with van der Waals surface area (Å²) < 4.78 is 13.0. The minimum absolute atomic E-state index is 0.0469. The molecule has 0 bridgehead atoms.